The Morgan fingerprint density at radius 3 is 2.94 bits per heavy atom. The van der Waals surface area contributed by atoms with Crippen molar-refractivity contribution in [1.82, 2.24) is 10.3 Å². The van der Waals surface area contributed by atoms with Crippen LogP contribution < -0.4 is 5.32 Å². The maximum Gasteiger partial charge on any atom is 0.267 e. The lowest BCUT2D eigenvalue weighted by Gasteiger charge is -2.00. The smallest absolute Gasteiger partial charge is 0.267 e. The first-order valence-electron chi connectivity index (χ1n) is 5.69. The minimum Gasteiger partial charge on any atom is -0.351 e. The summed E-state index contributed by atoms with van der Waals surface area (Å²) in [5.74, 6) is 0.719. The normalized spacial score (nSPS) is 15.2. The summed E-state index contributed by atoms with van der Waals surface area (Å²) >= 11 is 0. The largest absolute Gasteiger partial charge is 0.351 e. The molecule has 0 atom stereocenters. The predicted molar refractivity (Wildman–Crippen MR) is 63.4 cm³/mol. The van der Waals surface area contributed by atoms with Gasteiger partial charge in [-0.05, 0) is 30.9 Å². The Morgan fingerprint density at radius 1 is 1.38 bits per heavy atom. The van der Waals surface area contributed by atoms with Crippen molar-refractivity contribution in [3.63, 3.8) is 0 Å². The lowest BCUT2D eigenvalue weighted by atomic mass is 10.2. The molecule has 1 saturated carbocycles. The summed E-state index contributed by atoms with van der Waals surface area (Å²) < 4.78 is 0. The Balaban J connectivity index is 1.78. The molecule has 1 aromatic heterocycles. The number of benzene rings is 1. The van der Waals surface area contributed by atoms with Crippen LogP contribution in [0.3, 0.4) is 0 Å². The number of carbonyl (C=O) groups excluding carboxylic acids is 1. The highest BCUT2D eigenvalue weighted by atomic mass is 16.1. The van der Waals surface area contributed by atoms with Crippen molar-refractivity contribution in [1.29, 1.82) is 0 Å². The van der Waals surface area contributed by atoms with E-state index in [-0.39, 0.29) is 5.91 Å². The summed E-state index contributed by atoms with van der Waals surface area (Å²) in [5.41, 5.74) is 1.67. The SMILES string of the molecule is O=C(NCC1CC1)c1cc2ccccc2[nH]1. The molecule has 82 valence electrons. The van der Waals surface area contributed by atoms with E-state index in [1.54, 1.807) is 0 Å². The highest BCUT2D eigenvalue weighted by Crippen LogP contribution is 2.27. The van der Waals surface area contributed by atoms with E-state index in [1.165, 1.54) is 12.8 Å². The zero-order chi connectivity index (χ0) is 11.0. The summed E-state index contributed by atoms with van der Waals surface area (Å²) in [5, 5.41) is 4.03. The van der Waals surface area contributed by atoms with Gasteiger partial charge in [0.05, 0.1) is 0 Å². The van der Waals surface area contributed by atoms with Gasteiger partial charge in [-0.15, -0.1) is 0 Å². The molecule has 2 N–H and O–H groups in total. The van der Waals surface area contributed by atoms with Gasteiger partial charge in [0.25, 0.3) is 5.91 Å². The van der Waals surface area contributed by atoms with E-state index >= 15 is 0 Å². The van der Waals surface area contributed by atoms with Gasteiger partial charge in [-0.25, -0.2) is 0 Å². The van der Waals surface area contributed by atoms with Crippen LogP contribution in [0.5, 0.6) is 0 Å². The third-order valence-electron chi connectivity index (χ3n) is 3.02. The molecule has 0 saturated heterocycles. The summed E-state index contributed by atoms with van der Waals surface area (Å²) in [4.78, 5) is 14.9. The molecule has 1 aliphatic rings. The molecule has 1 amide bonds. The van der Waals surface area contributed by atoms with E-state index in [2.05, 4.69) is 10.3 Å². The van der Waals surface area contributed by atoms with Gasteiger partial charge in [0, 0.05) is 17.4 Å². The molecular weight excluding hydrogens is 200 g/mol. The van der Waals surface area contributed by atoms with Crippen LogP contribution in [0.15, 0.2) is 30.3 Å². The highest BCUT2D eigenvalue weighted by Gasteiger charge is 2.22. The molecule has 3 nitrogen and oxygen atoms in total. The zero-order valence-electron chi connectivity index (χ0n) is 8.99. The maximum atomic E-state index is 11.8. The summed E-state index contributed by atoms with van der Waals surface area (Å²) in [6.45, 7) is 0.814. The quantitative estimate of drug-likeness (QED) is 0.809. The van der Waals surface area contributed by atoms with Crippen LogP contribution in [0.4, 0.5) is 0 Å². The molecule has 1 aromatic carbocycles. The summed E-state index contributed by atoms with van der Waals surface area (Å²) in [6, 6.07) is 9.82. The van der Waals surface area contributed by atoms with Crippen LogP contribution in [0.25, 0.3) is 10.9 Å². The van der Waals surface area contributed by atoms with Gasteiger partial charge in [0.1, 0.15) is 5.69 Å². The lowest BCUT2D eigenvalue weighted by molar-refractivity contribution is 0.0947. The first-order chi connectivity index (χ1) is 7.83. The fourth-order valence-electron chi connectivity index (χ4n) is 1.85. The van der Waals surface area contributed by atoms with Gasteiger partial charge >= 0.3 is 0 Å². The second kappa shape index (κ2) is 3.67. The Labute approximate surface area is 93.9 Å². The number of rotatable bonds is 3. The fraction of sp³-hybridized carbons (Fsp3) is 0.308. The van der Waals surface area contributed by atoms with Crippen LogP contribution in [-0.2, 0) is 0 Å². The molecule has 0 unspecified atom stereocenters. The van der Waals surface area contributed by atoms with E-state index < -0.39 is 0 Å². The number of hydrogen-bond donors (Lipinski definition) is 2. The molecule has 0 bridgehead atoms. The average molecular weight is 214 g/mol. The molecule has 1 fully saturated rings. The van der Waals surface area contributed by atoms with Crippen molar-refractivity contribution in [2.24, 2.45) is 5.92 Å². The van der Waals surface area contributed by atoms with E-state index in [1.807, 2.05) is 30.3 Å². The first-order valence-corrected chi connectivity index (χ1v) is 5.69. The average Bonchev–Trinajstić information content (AvgIpc) is 3.02. The number of amides is 1. The van der Waals surface area contributed by atoms with Crippen molar-refractivity contribution < 1.29 is 4.79 Å². The van der Waals surface area contributed by atoms with E-state index in [4.69, 9.17) is 0 Å². The molecule has 2 aromatic rings. The van der Waals surface area contributed by atoms with Gasteiger partial charge in [0.15, 0.2) is 0 Å². The number of para-hydroxylation sites is 1. The Morgan fingerprint density at radius 2 is 2.19 bits per heavy atom. The number of H-pyrrole nitrogens is 1. The van der Waals surface area contributed by atoms with E-state index in [0.717, 1.165) is 17.4 Å². The Hall–Kier alpha value is -1.77. The van der Waals surface area contributed by atoms with E-state index in [9.17, 15) is 4.79 Å². The number of fused-ring (bicyclic) bond motifs is 1. The van der Waals surface area contributed by atoms with Gasteiger partial charge in [-0.2, -0.15) is 0 Å². The number of aromatic nitrogens is 1. The van der Waals surface area contributed by atoms with E-state index in [0.29, 0.717) is 11.6 Å². The second-order valence-corrected chi connectivity index (χ2v) is 4.42. The minimum atomic E-state index is 0.00287. The minimum absolute atomic E-state index is 0.00287. The number of aromatic amines is 1. The summed E-state index contributed by atoms with van der Waals surface area (Å²) in [6.07, 6.45) is 2.51. The van der Waals surface area contributed by atoms with Gasteiger partial charge in [0.2, 0.25) is 0 Å². The van der Waals surface area contributed by atoms with Crippen LogP contribution in [0, 0.1) is 5.92 Å². The van der Waals surface area contributed by atoms with Crippen LogP contribution in [0.1, 0.15) is 23.3 Å². The number of hydrogen-bond acceptors (Lipinski definition) is 1. The van der Waals surface area contributed by atoms with Crippen LogP contribution in [0.2, 0.25) is 0 Å². The molecular formula is C13H14N2O. The van der Waals surface area contributed by atoms with Gasteiger partial charge in [-0.3, -0.25) is 4.79 Å². The third-order valence-corrected chi connectivity index (χ3v) is 3.02. The predicted octanol–water partition coefficient (Wildman–Crippen LogP) is 2.31. The maximum absolute atomic E-state index is 11.8. The standard InChI is InChI=1S/C13H14N2O/c16-13(14-8-9-5-6-9)12-7-10-3-1-2-4-11(10)15-12/h1-4,7,9,15H,5-6,8H2,(H,14,16). The molecule has 0 aliphatic heterocycles. The topological polar surface area (TPSA) is 44.9 Å². The Bertz CT molecular complexity index is 492. The van der Waals surface area contributed by atoms with Gasteiger partial charge < -0.3 is 10.3 Å². The van der Waals surface area contributed by atoms with Crippen molar-refractivity contribution >= 4 is 16.8 Å². The molecule has 0 radical (unpaired) electrons. The monoisotopic (exact) mass is 214 g/mol. The molecule has 3 heteroatoms. The molecule has 1 heterocycles. The van der Waals surface area contributed by atoms with Crippen molar-refractivity contribution in [3.05, 3.63) is 36.0 Å². The van der Waals surface area contributed by atoms with Crippen molar-refractivity contribution in [3.8, 4) is 0 Å². The molecule has 1 aliphatic carbocycles. The van der Waals surface area contributed by atoms with Crippen molar-refractivity contribution in [2.75, 3.05) is 6.54 Å². The lowest BCUT2D eigenvalue weighted by Crippen LogP contribution is -2.25. The highest BCUT2D eigenvalue weighted by molar-refractivity contribution is 5.97. The fourth-order valence-corrected chi connectivity index (χ4v) is 1.85. The summed E-state index contributed by atoms with van der Waals surface area (Å²) in [7, 11) is 0. The van der Waals surface area contributed by atoms with Crippen LogP contribution in [-0.4, -0.2) is 17.4 Å². The molecule has 3 rings (SSSR count). The second-order valence-electron chi connectivity index (χ2n) is 4.42. The number of carbonyl (C=O) groups is 1. The third kappa shape index (κ3) is 1.81. The zero-order valence-corrected chi connectivity index (χ0v) is 8.99. The first kappa shape index (κ1) is 9.46. The van der Waals surface area contributed by atoms with Gasteiger partial charge in [-0.1, -0.05) is 18.2 Å². The van der Waals surface area contributed by atoms with Crippen LogP contribution >= 0.6 is 0 Å². The molecule has 16 heavy (non-hydrogen) atoms. The molecule has 0 spiro atoms. The van der Waals surface area contributed by atoms with Crippen molar-refractivity contribution in [2.45, 2.75) is 12.8 Å². The Kier molecular flexibility index (Phi) is 2.17. The number of nitrogens with one attached hydrogen (secondary N) is 2.